The molecular weight excluding hydrogens is 376 g/mol. The van der Waals surface area contributed by atoms with Crippen molar-refractivity contribution in [2.45, 2.75) is 25.3 Å². The van der Waals surface area contributed by atoms with E-state index in [4.69, 9.17) is 4.74 Å². The van der Waals surface area contributed by atoms with E-state index in [1.165, 1.54) is 6.07 Å². The number of rotatable bonds is 5. The van der Waals surface area contributed by atoms with Gasteiger partial charge in [0.15, 0.2) is 0 Å². The summed E-state index contributed by atoms with van der Waals surface area (Å²) in [5, 5.41) is 17.4. The van der Waals surface area contributed by atoms with Crippen molar-refractivity contribution in [1.29, 1.82) is 0 Å². The van der Waals surface area contributed by atoms with Gasteiger partial charge in [0.1, 0.15) is 23.1 Å². The van der Waals surface area contributed by atoms with Crippen molar-refractivity contribution in [2.75, 3.05) is 20.2 Å². The van der Waals surface area contributed by atoms with Crippen molar-refractivity contribution in [3.05, 3.63) is 65.5 Å². The molecule has 2 heterocycles. The standard InChI is InChI=1S/C22H23F2N3O2/c1-29-21-6-2-5-20(28)18(21)13-27-9-3-4-14(12-27)22-17(11-25-26-22)16-10-15(23)7-8-19(16)24/h2,5-8,10-11,14,28H,3-4,9,12-13H2,1H3,(H,25,26). The van der Waals surface area contributed by atoms with Gasteiger partial charge in [-0.1, -0.05) is 6.07 Å². The Kier molecular flexibility index (Phi) is 5.49. The molecule has 1 aromatic heterocycles. The molecule has 4 rings (SSSR count). The summed E-state index contributed by atoms with van der Waals surface area (Å²) in [7, 11) is 1.59. The largest absolute Gasteiger partial charge is 0.507 e. The normalized spacial score (nSPS) is 17.4. The van der Waals surface area contributed by atoms with Crippen LogP contribution in [0.5, 0.6) is 11.5 Å². The minimum Gasteiger partial charge on any atom is -0.507 e. The van der Waals surface area contributed by atoms with Crippen molar-refractivity contribution in [2.24, 2.45) is 0 Å². The van der Waals surface area contributed by atoms with Crippen LogP contribution < -0.4 is 4.74 Å². The maximum Gasteiger partial charge on any atom is 0.131 e. The van der Waals surface area contributed by atoms with E-state index < -0.39 is 11.6 Å². The SMILES string of the molecule is COc1cccc(O)c1CN1CCCC(c2[nH]ncc2-c2cc(F)ccc2F)C1. The molecule has 152 valence electrons. The second-order valence-corrected chi connectivity index (χ2v) is 7.35. The highest BCUT2D eigenvalue weighted by atomic mass is 19.1. The van der Waals surface area contributed by atoms with Crippen molar-refractivity contribution >= 4 is 0 Å². The van der Waals surface area contributed by atoms with Gasteiger partial charge in [-0.25, -0.2) is 8.78 Å². The van der Waals surface area contributed by atoms with Crippen molar-refractivity contribution < 1.29 is 18.6 Å². The first-order chi connectivity index (χ1) is 14.1. The third-order valence-corrected chi connectivity index (χ3v) is 5.51. The van der Waals surface area contributed by atoms with Crippen molar-refractivity contribution in [3.63, 3.8) is 0 Å². The Bertz CT molecular complexity index is 1010. The van der Waals surface area contributed by atoms with Gasteiger partial charge >= 0.3 is 0 Å². The number of phenolic OH excluding ortho intramolecular Hbond substituents is 1. The molecule has 1 unspecified atom stereocenters. The predicted molar refractivity (Wildman–Crippen MR) is 106 cm³/mol. The number of likely N-dealkylation sites (tertiary alicyclic amines) is 1. The Labute approximate surface area is 167 Å². The average molecular weight is 399 g/mol. The van der Waals surface area contributed by atoms with Crippen LogP contribution in [0.2, 0.25) is 0 Å². The third-order valence-electron chi connectivity index (χ3n) is 5.51. The van der Waals surface area contributed by atoms with E-state index in [0.29, 0.717) is 24.4 Å². The fraction of sp³-hybridized carbons (Fsp3) is 0.318. The molecule has 0 saturated carbocycles. The number of nitrogens with zero attached hydrogens (tertiary/aromatic N) is 2. The zero-order valence-corrected chi connectivity index (χ0v) is 16.2. The monoisotopic (exact) mass is 399 g/mol. The number of benzene rings is 2. The molecular formula is C22H23F2N3O2. The van der Waals surface area contributed by atoms with E-state index in [0.717, 1.165) is 42.8 Å². The first kappa shape index (κ1) is 19.4. The number of aromatic nitrogens is 2. The summed E-state index contributed by atoms with van der Waals surface area (Å²) in [5.74, 6) is -0.00128. The second kappa shape index (κ2) is 8.21. The van der Waals surface area contributed by atoms with E-state index >= 15 is 0 Å². The summed E-state index contributed by atoms with van der Waals surface area (Å²) in [6, 6.07) is 8.69. The Balaban J connectivity index is 1.58. The molecule has 5 nitrogen and oxygen atoms in total. The molecule has 2 N–H and O–H groups in total. The van der Waals surface area contributed by atoms with Gasteiger partial charge in [0.05, 0.1) is 13.3 Å². The van der Waals surface area contributed by atoms with Gasteiger partial charge in [0.2, 0.25) is 0 Å². The summed E-state index contributed by atoms with van der Waals surface area (Å²) in [6.07, 6.45) is 3.42. The molecule has 1 saturated heterocycles. The lowest BCUT2D eigenvalue weighted by Crippen LogP contribution is -2.34. The van der Waals surface area contributed by atoms with E-state index in [9.17, 15) is 13.9 Å². The van der Waals surface area contributed by atoms with Crippen LogP contribution in [-0.4, -0.2) is 40.4 Å². The minimum atomic E-state index is -0.481. The predicted octanol–water partition coefficient (Wildman–Crippen LogP) is 4.45. The van der Waals surface area contributed by atoms with Gasteiger partial charge in [-0.15, -0.1) is 0 Å². The lowest BCUT2D eigenvalue weighted by atomic mass is 9.90. The van der Waals surface area contributed by atoms with E-state index in [1.54, 1.807) is 25.4 Å². The molecule has 0 aliphatic carbocycles. The van der Waals surface area contributed by atoms with Crippen molar-refractivity contribution in [3.8, 4) is 22.6 Å². The van der Waals surface area contributed by atoms with Gasteiger partial charge in [-0.3, -0.25) is 10.00 Å². The molecule has 7 heteroatoms. The second-order valence-electron chi connectivity index (χ2n) is 7.35. The van der Waals surface area contributed by atoms with Crippen LogP contribution in [0.4, 0.5) is 8.78 Å². The summed E-state index contributed by atoms with van der Waals surface area (Å²) in [5.41, 5.74) is 2.36. The highest BCUT2D eigenvalue weighted by molar-refractivity contribution is 5.66. The number of H-pyrrole nitrogens is 1. The number of aromatic hydroxyl groups is 1. The number of piperidine rings is 1. The summed E-state index contributed by atoms with van der Waals surface area (Å²) < 4.78 is 33.4. The molecule has 0 radical (unpaired) electrons. The molecule has 0 bridgehead atoms. The maximum absolute atomic E-state index is 14.3. The van der Waals surface area contributed by atoms with Crippen LogP contribution >= 0.6 is 0 Å². The molecule has 0 amide bonds. The molecule has 1 aliphatic heterocycles. The quantitative estimate of drug-likeness (QED) is 0.666. The molecule has 1 aliphatic rings. The number of ether oxygens (including phenoxy) is 1. The smallest absolute Gasteiger partial charge is 0.131 e. The fourth-order valence-corrected chi connectivity index (χ4v) is 4.09. The van der Waals surface area contributed by atoms with Crippen molar-refractivity contribution in [1.82, 2.24) is 15.1 Å². The van der Waals surface area contributed by atoms with E-state index in [-0.39, 0.29) is 17.2 Å². The number of halogens is 2. The number of phenols is 1. The van der Waals surface area contributed by atoms with Crippen LogP contribution in [0.3, 0.4) is 0 Å². The molecule has 0 spiro atoms. The van der Waals surface area contributed by atoms with E-state index in [1.807, 2.05) is 6.07 Å². The van der Waals surface area contributed by atoms with Crippen LogP contribution in [-0.2, 0) is 6.54 Å². The Hall–Kier alpha value is -2.93. The van der Waals surface area contributed by atoms with Gasteiger partial charge in [-0.2, -0.15) is 5.10 Å². The van der Waals surface area contributed by atoms with Crippen LogP contribution in [0, 0.1) is 11.6 Å². The molecule has 2 aromatic carbocycles. The fourth-order valence-electron chi connectivity index (χ4n) is 4.09. The Morgan fingerprint density at radius 2 is 2.10 bits per heavy atom. The Morgan fingerprint density at radius 1 is 1.24 bits per heavy atom. The number of nitrogens with one attached hydrogen (secondary N) is 1. The highest BCUT2D eigenvalue weighted by Crippen LogP contribution is 2.36. The van der Waals surface area contributed by atoms with Crippen LogP contribution in [0.25, 0.3) is 11.1 Å². The number of hydrogen-bond acceptors (Lipinski definition) is 4. The molecule has 3 aromatic rings. The van der Waals surface area contributed by atoms with Gasteiger partial charge in [-0.05, 0) is 49.7 Å². The summed E-state index contributed by atoms with van der Waals surface area (Å²) in [6.45, 7) is 2.14. The van der Waals surface area contributed by atoms with Gasteiger partial charge in [0, 0.05) is 41.4 Å². The third kappa shape index (κ3) is 3.96. The van der Waals surface area contributed by atoms with E-state index in [2.05, 4.69) is 15.1 Å². The maximum atomic E-state index is 14.3. The minimum absolute atomic E-state index is 0.0979. The topological polar surface area (TPSA) is 61.4 Å². The van der Waals surface area contributed by atoms with Crippen LogP contribution in [0.1, 0.15) is 30.0 Å². The highest BCUT2D eigenvalue weighted by Gasteiger charge is 2.27. The number of hydrogen-bond donors (Lipinski definition) is 2. The molecule has 1 atom stereocenters. The first-order valence-electron chi connectivity index (χ1n) is 9.62. The zero-order chi connectivity index (χ0) is 20.4. The van der Waals surface area contributed by atoms with Gasteiger partial charge in [0.25, 0.3) is 0 Å². The average Bonchev–Trinajstić information content (AvgIpc) is 3.21. The number of methoxy groups -OCH3 is 1. The molecule has 29 heavy (non-hydrogen) atoms. The zero-order valence-electron chi connectivity index (χ0n) is 16.2. The lowest BCUT2D eigenvalue weighted by Gasteiger charge is -2.33. The van der Waals surface area contributed by atoms with Gasteiger partial charge < -0.3 is 9.84 Å². The first-order valence-corrected chi connectivity index (χ1v) is 9.62. The summed E-state index contributed by atoms with van der Waals surface area (Å²) >= 11 is 0. The lowest BCUT2D eigenvalue weighted by molar-refractivity contribution is 0.194. The Morgan fingerprint density at radius 3 is 2.93 bits per heavy atom. The number of aromatic amines is 1. The molecule has 1 fully saturated rings. The van der Waals surface area contributed by atoms with Crippen LogP contribution in [0.15, 0.2) is 42.6 Å². The summed E-state index contributed by atoms with van der Waals surface area (Å²) in [4.78, 5) is 2.23.